The number of rotatable bonds is 3. The monoisotopic (exact) mass is 143 g/mol. The van der Waals surface area contributed by atoms with Crippen molar-refractivity contribution in [3.05, 3.63) is 0 Å². The maximum absolute atomic E-state index is 8.96. The van der Waals surface area contributed by atoms with Gasteiger partial charge in [0.25, 0.3) is 0 Å². The van der Waals surface area contributed by atoms with Gasteiger partial charge in [-0.15, -0.1) is 0 Å². The average Bonchev–Trinajstić information content (AvgIpc) is 2.43. The smallest absolute Gasteiger partial charge is 0.0462 e. The van der Waals surface area contributed by atoms with Crippen LogP contribution in [0, 0.1) is 11.8 Å². The lowest BCUT2D eigenvalue weighted by atomic mass is 9.90. The Morgan fingerprint density at radius 1 is 1.70 bits per heavy atom. The first-order valence-corrected chi connectivity index (χ1v) is 4.20. The van der Waals surface area contributed by atoms with Crippen LogP contribution in [-0.4, -0.2) is 24.8 Å². The van der Waals surface area contributed by atoms with Crippen molar-refractivity contribution >= 4 is 0 Å². The normalized spacial score (nSPS) is 28.8. The van der Waals surface area contributed by atoms with E-state index in [0.29, 0.717) is 12.5 Å². The van der Waals surface area contributed by atoms with Crippen LogP contribution in [0.25, 0.3) is 0 Å². The van der Waals surface area contributed by atoms with E-state index < -0.39 is 0 Å². The number of nitrogens with one attached hydrogen (secondary N) is 1. The Balaban J connectivity index is 2.29. The molecule has 1 aliphatic heterocycles. The van der Waals surface area contributed by atoms with Gasteiger partial charge < -0.3 is 10.4 Å². The highest BCUT2D eigenvalue weighted by Crippen LogP contribution is 2.20. The van der Waals surface area contributed by atoms with Crippen LogP contribution in [-0.2, 0) is 0 Å². The summed E-state index contributed by atoms with van der Waals surface area (Å²) < 4.78 is 0. The summed E-state index contributed by atoms with van der Waals surface area (Å²) in [5.74, 6) is 1.27. The van der Waals surface area contributed by atoms with E-state index in [0.717, 1.165) is 25.4 Å². The van der Waals surface area contributed by atoms with Crippen molar-refractivity contribution < 1.29 is 5.11 Å². The molecular formula is C8H17NO. The summed E-state index contributed by atoms with van der Waals surface area (Å²) in [4.78, 5) is 0. The summed E-state index contributed by atoms with van der Waals surface area (Å²) in [5.41, 5.74) is 0. The molecule has 1 saturated heterocycles. The minimum atomic E-state index is 0.364. The van der Waals surface area contributed by atoms with Crippen LogP contribution in [0.4, 0.5) is 0 Å². The molecule has 1 aliphatic rings. The second-order valence-electron chi connectivity index (χ2n) is 3.10. The number of hydrogen-bond donors (Lipinski definition) is 2. The van der Waals surface area contributed by atoms with E-state index in [1.807, 2.05) is 0 Å². The third-order valence-corrected chi connectivity index (χ3v) is 2.52. The fourth-order valence-electron chi connectivity index (χ4n) is 1.69. The van der Waals surface area contributed by atoms with Crippen LogP contribution in [0.1, 0.15) is 19.8 Å². The number of aliphatic hydroxyl groups excluding tert-OH is 1. The summed E-state index contributed by atoms with van der Waals surface area (Å²) in [6.45, 7) is 4.77. The Morgan fingerprint density at radius 3 is 2.90 bits per heavy atom. The first-order chi connectivity index (χ1) is 4.88. The summed E-state index contributed by atoms with van der Waals surface area (Å²) in [7, 11) is 0. The standard InChI is InChI=1S/C8H17NO/c1-2-7(6-10)8-3-4-9-5-8/h7-10H,2-6H2,1H3. The largest absolute Gasteiger partial charge is 0.396 e. The molecule has 2 heteroatoms. The molecule has 0 aromatic carbocycles. The summed E-state index contributed by atoms with van der Waals surface area (Å²) >= 11 is 0. The fraction of sp³-hybridized carbons (Fsp3) is 1.00. The highest BCUT2D eigenvalue weighted by atomic mass is 16.3. The van der Waals surface area contributed by atoms with E-state index >= 15 is 0 Å². The molecule has 0 radical (unpaired) electrons. The molecule has 2 unspecified atom stereocenters. The maximum Gasteiger partial charge on any atom is 0.0462 e. The highest BCUT2D eigenvalue weighted by molar-refractivity contribution is 4.76. The van der Waals surface area contributed by atoms with Gasteiger partial charge in [0.2, 0.25) is 0 Å². The second-order valence-corrected chi connectivity index (χ2v) is 3.10. The molecule has 0 aromatic rings. The molecular weight excluding hydrogens is 126 g/mol. The Bertz CT molecular complexity index is 85.3. The molecule has 0 saturated carbocycles. The minimum absolute atomic E-state index is 0.364. The molecule has 1 heterocycles. The van der Waals surface area contributed by atoms with Crippen molar-refractivity contribution in [1.29, 1.82) is 0 Å². The van der Waals surface area contributed by atoms with Crippen molar-refractivity contribution in [3.8, 4) is 0 Å². The van der Waals surface area contributed by atoms with Gasteiger partial charge in [0, 0.05) is 6.61 Å². The first kappa shape index (κ1) is 8.02. The minimum Gasteiger partial charge on any atom is -0.396 e. The third kappa shape index (κ3) is 1.70. The Morgan fingerprint density at radius 2 is 2.50 bits per heavy atom. The zero-order valence-corrected chi connectivity index (χ0v) is 6.64. The molecule has 2 nitrogen and oxygen atoms in total. The van der Waals surface area contributed by atoms with Gasteiger partial charge in [-0.3, -0.25) is 0 Å². The molecule has 0 amide bonds. The van der Waals surface area contributed by atoms with Crippen molar-refractivity contribution in [2.45, 2.75) is 19.8 Å². The molecule has 0 aromatic heterocycles. The van der Waals surface area contributed by atoms with Crippen LogP contribution in [0.5, 0.6) is 0 Å². The van der Waals surface area contributed by atoms with E-state index in [1.54, 1.807) is 0 Å². The van der Waals surface area contributed by atoms with Gasteiger partial charge >= 0.3 is 0 Å². The summed E-state index contributed by atoms with van der Waals surface area (Å²) in [6.07, 6.45) is 2.36. The topological polar surface area (TPSA) is 32.3 Å². The lowest BCUT2D eigenvalue weighted by Crippen LogP contribution is -2.20. The average molecular weight is 143 g/mol. The second kappa shape index (κ2) is 3.94. The molecule has 0 aliphatic carbocycles. The highest BCUT2D eigenvalue weighted by Gasteiger charge is 2.22. The van der Waals surface area contributed by atoms with Crippen LogP contribution in [0.15, 0.2) is 0 Å². The molecule has 0 spiro atoms. The lowest BCUT2D eigenvalue weighted by Gasteiger charge is -2.17. The predicted molar refractivity (Wildman–Crippen MR) is 41.8 cm³/mol. The third-order valence-electron chi connectivity index (χ3n) is 2.52. The number of aliphatic hydroxyl groups is 1. The van der Waals surface area contributed by atoms with Gasteiger partial charge in [0.05, 0.1) is 0 Å². The zero-order valence-electron chi connectivity index (χ0n) is 6.64. The van der Waals surface area contributed by atoms with Crippen LogP contribution in [0.3, 0.4) is 0 Å². The van der Waals surface area contributed by atoms with Gasteiger partial charge in [-0.25, -0.2) is 0 Å². The predicted octanol–water partition coefficient (Wildman–Crippen LogP) is 0.614. The van der Waals surface area contributed by atoms with E-state index in [2.05, 4.69) is 12.2 Å². The summed E-state index contributed by atoms with van der Waals surface area (Å²) in [6, 6.07) is 0. The van der Waals surface area contributed by atoms with Gasteiger partial charge in [-0.05, 0) is 31.3 Å². The van der Waals surface area contributed by atoms with Crippen molar-refractivity contribution in [3.63, 3.8) is 0 Å². The zero-order chi connectivity index (χ0) is 7.40. The van der Waals surface area contributed by atoms with E-state index in [4.69, 9.17) is 5.11 Å². The van der Waals surface area contributed by atoms with E-state index in [-0.39, 0.29) is 0 Å². The molecule has 60 valence electrons. The van der Waals surface area contributed by atoms with Gasteiger partial charge in [-0.1, -0.05) is 13.3 Å². The fourth-order valence-corrected chi connectivity index (χ4v) is 1.69. The van der Waals surface area contributed by atoms with Gasteiger partial charge in [0.1, 0.15) is 0 Å². The Kier molecular flexibility index (Phi) is 3.16. The molecule has 2 N–H and O–H groups in total. The number of hydrogen-bond acceptors (Lipinski definition) is 2. The Labute approximate surface area is 62.6 Å². The molecule has 1 rings (SSSR count). The molecule has 10 heavy (non-hydrogen) atoms. The van der Waals surface area contributed by atoms with E-state index in [1.165, 1.54) is 6.42 Å². The lowest BCUT2D eigenvalue weighted by molar-refractivity contribution is 0.178. The van der Waals surface area contributed by atoms with Crippen LogP contribution < -0.4 is 5.32 Å². The summed E-state index contributed by atoms with van der Waals surface area (Å²) in [5, 5.41) is 12.3. The SMILES string of the molecule is CCC(CO)C1CCNC1. The van der Waals surface area contributed by atoms with Crippen molar-refractivity contribution in [2.24, 2.45) is 11.8 Å². The van der Waals surface area contributed by atoms with Crippen LogP contribution >= 0.6 is 0 Å². The first-order valence-electron chi connectivity index (χ1n) is 4.20. The van der Waals surface area contributed by atoms with Gasteiger partial charge in [-0.2, -0.15) is 0 Å². The Hall–Kier alpha value is -0.0800. The molecule has 2 atom stereocenters. The maximum atomic E-state index is 8.96. The van der Waals surface area contributed by atoms with Crippen molar-refractivity contribution in [1.82, 2.24) is 5.32 Å². The quantitative estimate of drug-likeness (QED) is 0.607. The van der Waals surface area contributed by atoms with Gasteiger partial charge in [0.15, 0.2) is 0 Å². The van der Waals surface area contributed by atoms with E-state index in [9.17, 15) is 0 Å². The van der Waals surface area contributed by atoms with Crippen LogP contribution in [0.2, 0.25) is 0 Å². The molecule has 0 bridgehead atoms. The molecule has 1 fully saturated rings. The van der Waals surface area contributed by atoms with Crippen molar-refractivity contribution in [2.75, 3.05) is 19.7 Å².